The number of hydrogen-bond donors (Lipinski definition) is 1. The number of amides is 2. The van der Waals surface area contributed by atoms with Crippen LogP contribution in [0.2, 0.25) is 0 Å². The molecule has 1 N–H and O–H groups in total. The van der Waals surface area contributed by atoms with E-state index in [0.717, 1.165) is 24.8 Å². The van der Waals surface area contributed by atoms with Crippen molar-refractivity contribution in [2.24, 2.45) is 11.8 Å². The summed E-state index contributed by atoms with van der Waals surface area (Å²) in [4.78, 5) is 34.2. The molecule has 7 heteroatoms. The third-order valence-electron chi connectivity index (χ3n) is 7.17. The monoisotopic (exact) mass is 489 g/mol. The summed E-state index contributed by atoms with van der Waals surface area (Å²) in [6, 6.07) is 11.3. The molecule has 2 amide bonds. The Bertz CT molecular complexity index is 1140. The smallest absolute Gasteiger partial charge is 0.259 e. The molecule has 2 aliphatic rings. The van der Waals surface area contributed by atoms with Crippen LogP contribution in [0.1, 0.15) is 54.6 Å². The first-order valence-corrected chi connectivity index (χ1v) is 12.7. The molecule has 190 valence electrons. The molecule has 1 saturated carbocycles. The number of rotatable bonds is 6. The van der Waals surface area contributed by atoms with Gasteiger partial charge in [0, 0.05) is 43.6 Å². The van der Waals surface area contributed by atoms with Crippen molar-refractivity contribution in [3.05, 3.63) is 59.3 Å². The molecular weight excluding hydrogens is 454 g/mol. The van der Waals surface area contributed by atoms with E-state index in [-0.39, 0.29) is 48.3 Å². The fourth-order valence-corrected chi connectivity index (χ4v) is 4.56. The molecule has 36 heavy (non-hydrogen) atoms. The van der Waals surface area contributed by atoms with Gasteiger partial charge in [0.05, 0.1) is 19.2 Å². The molecule has 7 nitrogen and oxygen atoms in total. The Balaban J connectivity index is 1.60. The maximum atomic E-state index is 13.5. The maximum absolute atomic E-state index is 13.5. The van der Waals surface area contributed by atoms with Crippen LogP contribution in [-0.2, 0) is 11.2 Å². The Morgan fingerprint density at radius 3 is 2.72 bits per heavy atom. The average Bonchev–Trinajstić information content (AvgIpc) is 2.85. The molecule has 1 aliphatic carbocycles. The number of aliphatic hydroxyl groups is 1. The summed E-state index contributed by atoms with van der Waals surface area (Å²) in [6.45, 7) is 4.49. The SMILES string of the molecule is C[C@H]1CN([C@@H](C)CO)C(=O)c2cc(C#CCc3ccccc3)cnc2O[C@@H]1CN(C)C(=O)C1CCC1. The molecule has 0 spiro atoms. The minimum Gasteiger partial charge on any atom is -0.472 e. The maximum Gasteiger partial charge on any atom is 0.259 e. The van der Waals surface area contributed by atoms with E-state index in [1.54, 1.807) is 22.1 Å². The molecule has 3 atom stereocenters. The highest BCUT2D eigenvalue weighted by Gasteiger charge is 2.36. The van der Waals surface area contributed by atoms with Crippen molar-refractivity contribution in [2.45, 2.75) is 51.7 Å². The van der Waals surface area contributed by atoms with Gasteiger partial charge in [0.15, 0.2) is 0 Å². The van der Waals surface area contributed by atoms with Gasteiger partial charge in [0.1, 0.15) is 11.7 Å². The molecule has 1 aromatic heterocycles. The van der Waals surface area contributed by atoms with E-state index in [2.05, 4.69) is 16.8 Å². The highest BCUT2D eigenvalue weighted by Crippen LogP contribution is 2.30. The molecule has 2 heterocycles. The van der Waals surface area contributed by atoms with Crippen molar-refractivity contribution in [1.29, 1.82) is 0 Å². The summed E-state index contributed by atoms with van der Waals surface area (Å²) in [6.07, 6.45) is 4.86. The number of carbonyl (C=O) groups is 2. The highest BCUT2D eigenvalue weighted by atomic mass is 16.5. The van der Waals surface area contributed by atoms with Gasteiger partial charge in [-0.3, -0.25) is 9.59 Å². The first-order chi connectivity index (χ1) is 17.4. The van der Waals surface area contributed by atoms with Crippen molar-refractivity contribution in [1.82, 2.24) is 14.8 Å². The standard InChI is InChI=1S/C29H35N3O4/c1-20-17-32(21(2)19-33)29(35)25-15-23(12-7-11-22-9-5-4-6-10-22)16-30-27(25)36-26(20)18-31(3)28(34)24-13-8-14-24/h4-6,9-10,15-16,20-21,24,26,33H,8,11,13-14,17-19H2,1-3H3/t20-,21-,26+/m0/s1. The Morgan fingerprint density at radius 2 is 2.06 bits per heavy atom. The normalized spacial score (nSPS) is 20.6. The third kappa shape index (κ3) is 5.88. The van der Waals surface area contributed by atoms with Gasteiger partial charge in [-0.1, -0.05) is 55.5 Å². The number of carbonyl (C=O) groups excluding carboxylic acids is 2. The van der Waals surface area contributed by atoms with Crippen LogP contribution in [0.5, 0.6) is 5.88 Å². The molecule has 0 saturated heterocycles. The lowest BCUT2D eigenvalue weighted by molar-refractivity contribution is -0.138. The van der Waals surface area contributed by atoms with Crippen LogP contribution in [0.3, 0.4) is 0 Å². The number of pyridine rings is 1. The van der Waals surface area contributed by atoms with Gasteiger partial charge in [0.25, 0.3) is 5.91 Å². The van der Waals surface area contributed by atoms with Crippen LogP contribution < -0.4 is 4.74 Å². The zero-order chi connectivity index (χ0) is 25.7. The summed E-state index contributed by atoms with van der Waals surface area (Å²) in [5.41, 5.74) is 2.07. The summed E-state index contributed by atoms with van der Waals surface area (Å²) < 4.78 is 6.30. The molecule has 0 unspecified atom stereocenters. The molecule has 1 fully saturated rings. The summed E-state index contributed by atoms with van der Waals surface area (Å²) in [5.74, 6) is 6.44. The van der Waals surface area contributed by atoms with E-state index >= 15 is 0 Å². The number of benzene rings is 1. The molecule has 4 rings (SSSR count). The predicted octanol–water partition coefficient (Wildman–Crippen LogP) is 3.15. The second kappa shape index (κ2) is 11.6. The number of fused-ring (bicyclic) bond motifs is 1. The summed E-state index contributed by atoms with van der Waals surface area (Å²) >= 11 is 0. The molecule has 1 aliphatic heterocycles. The van der Waals surface area contributed by atoms with E-state index in [4.69, 9.17) is 4.74 Å². The predicted molar refractivity (Wildman–Crippen MR) is 137 cm³/mol. The Morgan fingerprint density at radius 1 is 1.31 bits per heavy atom. The first-order valence-electron chi connectivity index (χ1n) is 12.7. The number of likely N-dealkylation sites (N-methyl/N-ethyl adjacent to an activating group) is 1. The highest BCUT2D eigenvalue weighted by molar-refractivity contribution is 5.97. The van der Waals surface area contributed by atoms with Crippen molar-refractivity contribution in [3.8, 4) is 17.7 Å². The second-order valence-electron chi connectivity index (χ2n) is 10.0. The first kappa shape index (κ1) is 25.7. The average molecular weight is 490 g/mol. The van der Waals surface area contributed by atoms with E-state index in [1.165, 1.54) is 0 Å². The Labute approximate surface area is 213 Å². The third-order valence-corrected chi connectivity index (χ3v) is 7.17. The number of ether oxygens (including phenoxy) is 1. The lowest BCUT2D eigenvalue weighted by Gasteiger charge is -2.38. The van der Waals surface area contributed by atoms with Crippen LogP contribution in [0.4, 0.5) is 0 Å². The van der Waals surface area contributed by atoms with Gasteiger partial charge in [-0.2, -0.15) is 0 Å². The van der Waals surface area contributed by atoms with E-state index in [9.17, 15) is 14.7 Å². The fourth-order valence-electron chi connectivity index (χ4n) is 4.56. The number of aliphatic hydroxyl groups excluding tert-OH is 1. The van der Waals surface area contributed by atoms with Crippen LogP contribution in [-0.4, -0.2) is 70.6 Å². The quantitative estimate of drug-likeness (QED) is 0.631. The van der Waals surface area contributed by atoms with Crippen molar-refractivity contribution in [2.75, 3.05) is 26.7 Å². The van der Waals surface area contributed by atoms with Crippen molar-refractivity contribution < 1.29 is 19.4 Å². The summed E-state index contributed by atoms with van der Waals surface area (Å²) in [5, 5.41) is 9.84. The number of aromatic nitrogens is 1. The fraction of sp³-hybridized carbons (Fsp3) is 0.483. The number of hydrogen-bond acceptors (Lipinski definition) is 5. The second-order valence-corrected chi connectivity index (χ2v) is 10.0. The van der Waals surface area contributed by atoms with Gasteiger partial charge in [-0.05, 0) is 31.4 Å². The molecule has 0 bridgehead atoms. The van der Waals surface area contributed by atoms with Crippen molar-refractivity contribution in [3.63, 3.8) is 0 Å². The molecule has 1 aromatic carbocycles. The minimum atomic E-state index is -0.367. The largest absolute Gasteiger partial charge is 0.472 e. The summed E-state index contributed by atoms with van der Waals surface area (Å²) in [7, 11) is 1.81. The van der Waals surface area contributed by atoms with Gasteiger partial charge < -0.3 is 19.6 Å². The van der Waals surface area contributed by atoms with E-state index < -0.39 is 0 Å². The van der Waals surface area contributed by atoms with E-state index in [0.29, 0.717) is 30.6 Å². The van der Waals surface area contributed by atoms with Gasteiger partial charge in [-0.25, -0.2) is 4.98 Å². The van der Waals surface area contributed by atoms with Crippen LogP contribution in [0, 0.1) is 23.7 Å². The Hall–Kier alpha value is -3.37. The molecule has 2 aromatic rings. The minimum absolute atomic E-state index is 0.0696. The topological polar surface area (TPSA) is 83.0 Å². The number of nitrogens with zero attached hydrogens (tertiary/aromatic N) is 3. The molecular formula is C29H35N3O4. The van der Waals surface area contributed by atoms with Crippen LogP contribution in [0.25, 0.3) is 0 Å². The van der Waals surface area contributed by atoms with Gasteiger partial charge >= 0.3 is 0 Å². The zero-order valence-electron chi connectivity index (χ0n) is 21.3. The Kier molecular flexibility index (Phi) is 8.27. The van der Waals surface area contributed by atoms with Crippen molar-refractivity contribution >= 4 is 11.8 Å². The lowest BCUT2D eigenvalue weighted by atomic mass is 9.84. The van der Waals surface area contributed by atoms with Crippen LogP contribution >= 0.6 is 0 Å². The van der Waals surface area contributed by atoms with Gasteiger partial charge in [0.2, 0.25) is 11.8 Å². The zero-order valence-corrected chi connectivity index (χ0v) is 21.3. The lowest BCUT2D eigenvalue weighted by Crippen LogP contribution is -2.51. The molecule has 0 radical (unpaired) electrons. The van der Waals surface area contributed by atoms with E-state index in [1.807, 2.05) is 51.2 Å². The van der Waals surface area contributed by atoms with Gasteiger partial charge in [-0.15, -0.1) is 0 Å². The van der Waals surface area contributed by atoms with Crippen LogP contribution in [0.15, 0.2) is 42.6 Å².